The van der Waals surface area contributed by atoms with Gasteiger partial charge in [-0.1, -0.05) is 29.8 Å². The third kappa shape index (κ3) is 4.15. The number of halogens is 1. The molecular formula is C26H33ClN2O6. The molecule has 1 spiro atoms. The number of nitrogens with zero attached hydrogens (tertiary/aromatic N) is 2. The zero-order chi connectivity index (χ0) is 25.3. The highest BCUT2D eigenvalue weighted by atomic mass is 35.5. The van der Waals surface area contributed by atoms with Crippen LogP contribution in [-0.2, 0) is 23.9 Å². The van der Waals surface area contributed by atoms with Crippen molar-refractivity contribution in [3.05, 3.63) is 41.4 Å². The van der Waals surface area contributed by atoms with Crippen molar-refractivity contribution < 1.29 is 29.0 Å². The SMILES string of the molecule is C=CCN(C(=O)[C@@H]1N(CCCCO)C(=O)[C@H]2[C@H](C(=O)OCC)[C@@H]3CC[C@]12O3)c1c(C)cccc1Cl. The Balaban J connectivity index is 1.78. The minimum absolute atomic E-state index is 0.0132. The Morgan fingerprint density at radius 3 is 2.83 bits per heavy atom. The van der Waals surface area contributed by atoms with Gasteiger partial charge in [0.25, 0.3) is 5.91 Å². The van der Waals surface area contributed by atoms with E-state index in [-0.39, 0.29) is 38.1 Å². The number of esters is 1. The van der Waals surface area contributed by atoms with Crippen LogP contribution >= 0.6 is 11.6 Å². The maximum atomic E-state index is 14.3. The van der Waals surface area contributed by atoms with Crippen LogP contribution in [0, 0.1) is 18.8 Å². The number of unbranched alkanes of at least 4 members (excludes halogenated alkanes) is 1. The number of aryl methyl sites for hydroxylation is 1. The second-order valence-corrected chi connectivity index (χ2v) is 9.82. The summed E-state index contributed by atoms with van der Waals surface area (Å²) in [6.07, 6.45) is 3.26. The summed E-state index contributed by atoms with van der Waals surface area (Å²) in [7, 11) is 0. The average molecular weight is 505 g/mol. The molecule has 8 nitrogen and oxygen atoms in total. The lowest BCUT2D eigenvalue weighted by Gasteiger charge is -2.37. The number of ether oxygens (including phenoxy) is 2. The zero-order valence-electron chi connectivity index (χ0n) is 20.2. The number of fused-ring (bicyclic) bond motifs is 1. The molecule has 0 unspecified atom stereocenters. The lowest BCUT2D eigenvalue weighted by molar-refractivity contribution is -0.154. The second-order valence-electron chi connectivity index (χ2n) is 9.41. The number of carbonyl (C=O) groups excluding carboxylic acids is 3. The van der Waals surface area contributed by atoms with Crippen LogP contribution in [0.2, 0.25) is 5.02 Å². The fourth-order valence-corrected chi connectivity index (χ4v) is 6.43. The molecule has 3 saturated heterocycles. The first-order valence-electron chi connectivity index (χ1n) is 12.3. The predicted molar refractivity (Wildman–Crippen MR) is 131 cm³/mol. The largest absolute Gasteiger partial charge is 0.466 e. The van der Waals surface area contributed by atoms with Gasteiger partial charge < -0.3 is 24.4 Å². The Bertz CT molecular complexity index is 995. The van der Waals surface area contributed by atoms with Crippen LogP contribution in [0.4, 0.5) is 5.69 Å². The highest BCUT2D eigenvalue weighted by Gasteiger charge is 2.75. The van der Waals surface area contributed by atoms with Crippen LogP contribution in [0.3, 0.4) is 0 Å². The molecule has 1 aromatic carbocycles. The van der Waals surface area contributed by atoms with Gasteiger partial charge in [0, 0.05) is 19.7 Å². The highest BCUT2D eigenvalue weighted by Crippen LogP contribution is 2.59. The van der Waals surface area contributed by atoms with E-state index >= 15 is 0 Å². The Morgan fingerprint density at radius 1 is 1.40 bits per heavy atom. The fourth-order valence-electron chi connectivity index (χ4n) is 6.11. The van der Waals surface area contributed by atoms with Crippen molar-refractivity contribution in [3.8, 4) is 0 Å². The topological polar surface area (TPSA) is 96.4 Å². The van der Waals surface area contributed by atoms with E-state index in [4.69, 9.17) is 21.1 Å². The average Bonchev–Trinajstić information content (AvgIpc) is 3.46. The summed E-state index contributed by atoms with van der Waals surface area (Å²) in [6, 6.07) is 4.50. The highest BCUT2D eigenvalue weighted by molar-refractivity contribution is 6.34. The van der Waals surface area contributed by atoms with E-state index in [1.54, 1.807) is 28.9 Å². The van der Waals surface area contributed by atoms with E-state index in [1.807, 2.05) is 19.1 Å². The van der Waals surface area contributed by atoms with Crippen molar-refractivity contribution >= 4 is 35.1 Å². The summed E-state index contributed by atoms with van der Waals surface area (Å²) < 4.78 is 11.7. The Labute approximate surface area is 210 Å². The van der Waals surface area contributed by atoms with Crippen molar-refractivity contribution in [2.24, 2.45) is 11.8 Å². The van der Waals surface area contributed by atoms with Gasteiger partial charge in [0.05, 0.1) is 35.3 Å². The minimum Gasteiger partial charge on any atom is -0.466 e. The molecule has 0 saturated carbocycles. The first-order valence-corrected chi connectivity index (χ1v) is 12.6. The molecular weight excluding hydrogens is 472 g/mol. The van der Waals surface area contributed by atoms with Crippen molar-refractivity contribution in [1.29, 1.82) is 0 Å². The van der Waals surface area contributed by atoms with E-state index in [2.05, 4.69) is 6.58 Å². The van der Waals surface area contributed by atoms with Crippen molar-refractivity contribution in [3.63, 3.8) is 0 Å². The normalized spacial score (nSPS) is 28.8. The number of aliphatic hydroxyl groups excluding tert-OH is 1. The van der Waals surface area contributed by atoms with E-state index < -0.39 is 35.6 Å². The van der Waals surface area contributed by atoms with Crippen molar-refractivity contribution in [2.75, 3.05) is 31.2 Å². The Kier molecular flexibility index (Phi) is 7.54. The molecule has 3 aliphatic heterocycles. The lowest BCUT2D eigenvalue weighted by atomic mass is 9.70. The number of hydrogen-bond acceptors (Lipinski definition) is 6. The third-order valence-electron chi connectivity index (χ3n) is 7.44. The molecule has 0 radical (unpaired) electrons. The molecule has 1 aromatic rings. The van der Waals surface area contributed by atoms with Crippen LogP contribution < -0.4 is 4.90 Å². The van der Waals surface area contributed by atoms with Gasteiger partial charge in [-0.25, -0.2) is 0 Å². The maximum absolute atomic E-state index is 14.3. The van der Waals surface area contributed by atoms with Gasteiger partial charge in [0.2, 0.25) is 5.91 Å². The number of hydrogen-bond donors (Lipinski definition) is 1. The number of anilines is 1. The van der Waals surface area contributed by atoms with Gasteiger partial charge in [0.1, 0.15) is 11.6 Å². The van der Waals surface area contributed by atoms with E-state index in [9.17, 15) is 19.5 Å². The van der Waals surface area contributed by atoms with Gasteiger partial charge in [-0.05, 0) is 51.2 Å². The number of likely N-dealkylation sites (tertiary alicyclic amines) is 1. The first-order chi connectivity index (χ1) is 16.8. The van der Waals surface area contributed by atoms with Gasteiger partial charge in [-0.2, -0.15) is 0 Å². The predicted octanol–water partition coefficient (Wildman–Crippen LogP) is 2.88. The lowest BCUT2D eigenvalue weighted by Crippen LogP contribution is -2.56. The molecule has 3 fully saturated rings. The molecule has 0 aliphatic carbocycles. The molecule has 2 bridgehead atoms. The first kappa shape index (κ1) is 25.7. The van der Waals surface area contributed by atoms with Crippen molar-refractivity contribution in [2.45, 2.75) is 57.3 Å². The number of rotatable bonds is 10. The minimum atomic E-state index is -1.11. The Morgan fingerprint density at radius 2 is 2.17 bits per heavy atom. The summed E-state index contributed by atoms with van der Waals surface area (Å²) >= 11 is 6.54. The van der Waals surface area contributed by atoms with Gasteiger partial charge in [-0.15, -0.1) is 6.58 Å². The number of carbonyl (C=O) groups is 3. The molecule has 2 amide bonds. The number of aliphatic hydroxyl groups is 1. The molecule has 4 rings (SSSR count). The van der Waals surface area contributed by atoms with E-state index in [0.29, 0.717) is 36.4 Å². The van der Waals surface area contributed by atoms with Gasteiger partial charge >= 0.3 is 5.97 Å². The molecule has 3 heterocycles. The molecule has 35 heavy (non-hydrogen) atoms. The fraction of sp³-hybridized carbons (Fsp3) is 0.577. The van der Waals surface area contributed by atoms with E-state index in [1.165, 1.54) is 0 Å². The summed E-state index contributed by atoms with van der Waals surface area (Å²) in [5.41, 5.74) is 0.277. The number of para-hydroxylation sites is 1. The van der Waals surface area contributed by atoms with Gasteiger partial charge in [-0.3, -0.25) is 14.4 Å². The van der Waals surface area contributed by atoms with Gasteiger partial charge in [0.15, 0.2) is 0 Å². The molecule has 3 aliphatic rings. The van der Waals surface area contributed by atoms with Crippen LogP contribution in [0.25, 0.3) is 0 Å². The summed E-state index contributed by atoms with van der Waals surface area (Å²) in [5, 5.41) is 9.72. The number of amides is 2. The van der Waals surface area contributed by atoms with Crippen LogP contribution in [-0.4, -0.2) is 71.8 Å². The van der Waals surface area contributed by atoms with E-state index in [0.717, 1.165) is 5.56 Å². The molecule has 5 atom stereocenters. The molecule has 190 valence electrons. The number of benzene rings is 1. The molecule has 9 heteroatoms. The van der Waals surface area contributed by atoms with Crippen LogP contribution in [0.5, 0.6) is 0 Å². The zero-order valence-corrected chi connectivity index (χ0v) is 21.0. The second kappa shape index (κ2) is 10.3. The Hall–Kier alpha value is -2.42. The quantitative estimate of drug-likeness (QED) is 0.299. The summed E-state index contributed by atoms with van der Waals surface area (Å²) in [4.78, 5) is 44.1. The maximum Gasteiger partial charge on any atom is 0.312 e. The summed E-state index contributed by atoms with van der Waals surface area (Å²) in [6.45, 7) is 8.09. The summed E-state index contributed by atoms with van der Waals surface area (Å²) in [5.74, 6) is -2.54. The van der Waals surface area contributed by atoms with Crippen molar-refractivity contribution in [1.82, 2.24) is 4.90 Å². The standard InChI is InChI=1S/C26H33ClN2O6/c1-4-13-28(21-16(3)9-8-10-17(21)27)24(32)22-26-12-11-18(35-26)19(25(33)34-5-2)20(26)23(31)29(22)14-6-7-15-30/h4,8-10,18-20,22,30H,1,5-7,11-15H2,2-3H3/t18-,19+,20+,22-,26+/m0/s1. The van der Waals surface area contributed by atoms with Crippen LogP contribution in [0.15, 0.2) is 30.9 Å². The molecule has 0 aromatic heterocycles. The van der Waals surface area contributed by atoms with Crippen LogP contribution in [0.1, 0.15) is 38.2 Å². The smallest absolute Gasteiger partial charge is 0.312 e. The third-order valence-corrected chi connectivity index (χ3v) is 7.74. The monoisotopic (exact) mass is 504 g/mol. The molecule has 1 N–H and O–H groups in total.